The number of esters is 1. The van der Waals surface area contributed by atoms with Crippen LogP contribution in [0.4, 0.5) is 24.5 Å². The third kappa shape index (κ3) is 4.89. The summed E-state index contributed by atoms with van der Waals surface area (Å²) >= 11 is 0. The summed E-state index contributed by atoms with van der Waals surface area (Å²) in [5.74, 6) is -1.62. The molecular formula is C18H18F3N3O5S. The second-order valence-electron chi connectivity index (χ2n) is 6.06. The topological polar surface area (TPSA) is 119 Å². The Hall–Kier alpha value is -3.12. The van der Waals surface area contributed by atoms with Crippen molar-refractivity contribution in [1.29, 1.82) is 0 Å². The van der Waals surface area contributed by atoms with Crippen molar-refractivity contribution < 1.29 is 35.9 Å². The Morgan fingerprint density at radius 2 is 1.77 bits per heavy atom. The highest BCUT2D eigenvalue weighted by atomic mass is 32.2. The zero-order valence-corrected chi connectivity index (χ0v) is 16.7. The number of rotatable bonds is 6. The lowest BCUT2D eigenvalue weighted by Crippen LogP contribution is -2.36. The molecule has 162 valence electrons. The third-order valence-electron chi connectivity index (χ3n) is 4.03. The first-order valence-electron chi connectivity index (χ1n) is 8.28. The summed E-state index contributed by atoms with van der Waals surface area (Å²) in [5, 5.41) is 2.33. The van der Waals surface area contributed by atoms with Crippen molar-refractivity contribution in [3.05, 3.63) is 53.6 Å². The minimum Gasteiger partial charge on any atom is -0.465 e. The summed E-state index contributed by atoms with van der Waals surface area (Å²) in [7, 11) is -2.52. The predicted octanol–water partition coefficient (Wildman–Crippen LogP) is 2.33. The van der Waals surface area contributed by atoms with Crippen LogP contribution in [-0.2, 0) is 25.7 Å². The number of nitrogens with one attached hydrogen (secondary N) is 1. The number of methoxy groups -OCH3 is 1. The summed E-state index contributed by atoms with van der Waals surface area (Å²) in [6.45, 7) is -0.795. The molecule has 0 atom stereocenters. The number of alkyl halides is 3. The number of para-hydroxylation sites is 1. The predicted molar refractivity (Wildman–Crippen MR) is 102 cm³/mol. The van der Waals surface area contributed by atoms with Gasteiger partial charge in [0.05, 0.1) is 41.1 Å². The standard InChI is InChI=1S/C18H18F3N3O5S/c1-24(30(27,28)14-9-4-3-7-12(14)18(19,20)21)10-15(25)23-13-8-5-6-11(16(13)22)17(26)29-2/h3-9H,10,22H2,1-2H3,(H,23,25). The number of benzene rings is 2. The molecule has 2 aromatic carbocycles. The largest absolute Gasteiger partial charge is 0.465 e. The summed E-state index contributed by atoms with van der Waals surface area (Å²) in [6.07, 6.45) is -4.89. The monoisotopic (exact) mass is 445 g/mol. The van der Waals surface area contributed by atoms with Gasteiger partial charge in [0.15, 0.2) is 0 Å². The van der Waals surface area contributed by atoms with E-state index in [1.807, 2.05) is 0 Å². The van der Waals surface area contributed by atoms with E-state index in [4.69, 9.17) is 5.73 Å². The lowest BCUT2D eigenvalue weighted by Gasteiger charge is -2.20. The second kappa shape index (κ2) is 8.71. The molecule has 0 aromatic heterocycles. The Labute approximate surface area is 170 Å². The number of ether oxygens (including phenoxy) is 1. The highest BCUT2D eigenvalue weighted by molar-refractivity contribution is 7.89. The van der Waals surface area contributed by atoms with Gasteiger partial charge in [-0.25, -0.2) is 13.2 Å². The van der Waals surface area contributed by atoms with Crippen LogP contribution >= 0.6 is 0 Å². The Morgan fingerprint density at radius 1 is 1.13 bits per heavy atom. The SMILES string of the molecule is COC(=O)c1cccc(NC(=O)CN(C)S(=O)(=O)c2ccccc2C(F)(F)F)c1N. The molecule has 0 aliphatic heterocycles. The van der Waals surface area contributed by atoms with Crippen molar-refractivity contribution in [2.75, 3.05) is 31.8 Å². The van der Waals surface area contributed by atoms with E-state index in [0.717, 1.165) is 32.4 Å². The Morgan fingerprint density at radius 3 is 2.37 bits per heavy atom. The molecule has 30 heavy (non-hydrogen) atoms. The zero-order chi connectivity index (χ0) is 22.7. The number of carbonyl (C=O) groups excluding carboxylic acids is 2. The van der Waals surface area contributed by atoms with Gasteiger partial charge in [-0.3, -0.25) is 4.79 Å². The van der Waals surface area contributed by atoms with E-state index in [-0.39, 0.29) is 16.9 Å². The summed E-state index contributed by atoms with van der Waals surface area (Å²) < 4.78 is 69.7. The number of hydrogen-bond acceptors (Lipinski definition) is 6. The molecule has 0 saturated carbocycles. The number of likely N-dealkylation sites (N-methyl/N-ethyl adjacent to an activating group) is 1. The van der Waals surface area contributed by atoms with Crippen LogP contribution in [0.25, 0.3) is 0 Å². The van der Waals surface area contributed by atoms with Gasteiger partial charge in [-0.1, -0.05) is 18.2 Å². The molecule has 0 fully saturated rings. The lowest BCUT2D eigenvalue weighted by molar-refractivity contribution is -0.139. The average molecular weight is 445 g/mol. The highest BCUT2D eigenvalue weighted by Crippen LogP contribution is 2.34. The van der Waals surface area contributed by atoms with Crippen LogP contribution in [0.5, 0.6) is 0 Å². The number of nitrogens with two attached hydrogens (primary N) is 1. The first kappa shape index (κ1) is 23.2. The molecule has 0 saturated heterocycles. The van der Waals surface area contributed by atoms with Gasteiger partial charge in [0.1, 0.15) is 0 Å². The van der Waals surface area contributed by atoms with Gasteiger partial charge in [0.25, 0.3) is 0 Å². The van der Waals surface area contributed by atoms with Crippen molar-refractivity contribution in [3.8, 4) is 0 Å². The number of nitrogen functional groups attached to an aromatic ring is 1. The first-order valence-corrected chi connectivity index (χ1v) is 9.72. The normalized spacial score (nSPS) is 11.9. The molecule has 12 heteroatoms. The fourth-order valence-electron chi connectivity index (χ4n) is 2.53. The quantitative estimate of drug-likeness (QED) is 0.520. The van der Waals surface area contributed by atoms with Crippen LogP contribution in [0.1, 0.15) is 15.9 Å². The van der Waals surface area contributed by atoms with Crippen LogP contribution in [0.15, 0.2) is 47.4 Å². The minimum atomic E-state index is -4.89. The Bertz CT molecular complexity index is 1070. The molecule has 0 unspecified atom stereocenters. The van der Waals surface area contributed by atoms with Crippen LogP contribution in [-0.4, -0.2) is 45.3 Å². The van der Waals surface area contributed by atoms with Gasteiger partial charge >= 0.3 is 12.1 Å². The molecule has 8 nitrogen and oxygen atoms in total. The Kier molecular flexibility index (Phi) is 6.73. The number of carbonyl (C=O) groups is 2. The molecule has 2 aromatic rings. The zero-order valence-electron chi connectivity index (χ0n) is 15.9. The molecule has 0 bridgehead atoms. The van der Waals surface area contributed by atoms with Crippen LogP contribution in [0.2, 0.25) is 0 Å². The van der Waals surface area contributed by atoms with Crippen molar-refractivity contribution >= 4 is 33.3 Å². The van der Waals surface area contributed by atoms with Gasteiger partial charge in [-0.15, -0.1) is 0 Å². The number of sulfonamides is 1. The number of hydrogen-bond donors (Lipinski definition) is 2. The van der Waals surface area contributed by atoms with Gasteiger partial charge in [-0.05, 0) is 24.3 Å². The van der Waals surface area contributed by atoms with Crippen molar-refractivity contribution in [2.24, 2.45) is 0 Å². The number of amides is 1. The van der Waals surface area contributed by atoms with E-state index >= 15 is 0 Å². The molecule has 3 N–H and O–H groups in total. The number of nitrogens with zero attached hydrogens (tertiary/aromatic N) is 1. The third-order valence-corrected chi connectivity index (χ3v) is 5.89. The summed E-state index contributed by atoms with van der Waals surface area (Å²) in [4.78, 5) is 23.0. The fourth-order valence-corrected chi connectivity index (χ4v) is 3.87. The van der Waals surface area contributed by atoms with Gasteiger partial charge in [0, 0.05) is 7.05 Å². The van der Waals surface area contributed by atoms with E-state index in [1.54, 1.807) is 0 Å². The van der Waals surface area contributed by atoms with E-state index in [9.17, 15) is 31.2 Å². The van der Waals surface area contributed by atoms with E-state index in [1.165, 1.54) is 18.2 Å². The Balaban J connectivity index is 2.24. The molecule has 1 amide bonds. The lowest BCUT2D eigenvalue weighted by atomic mass is 10.1. The van der Waals surface area contributed by atoms with E-state index < -0.39 is 45.1 Å². The van der Waals surface area contributed by atoms with E-state index in [0.29, 0.717) is 10.4 Å². The smallest absolute Gasteiger partial charge is 0.417 e. The van der Waals surface area contributed by atoms with Crippen molar-refractivity contribution in [1.82, 2.24) is 4.31 Å². The van der Waals surface area contributed by atoms with Crippen LogP contribution in [0.3, 0.4) is 0 Å². The second-order valence-corrected chi connectivity index (χ2v) is 8.07. The van der Waals surface area contributed by atoms with Gasteiger partial charge in [-0.2, -0.15) is 17.5 Å². The molecule has 0 aliphatic rings. The molecule has 0 spiro atoms. The van der Waals surface area contributed by atoms with Crippen molar-refractivity contribution in [2.45, 2.75) is 11.1 Å². The molecule has 2 rings (SSSR count). The van der Waals surface area contributed by atoms with Gasteiger partial charge in [0.2, 0.25) is 15.9 Å². The van der Waals surface area contributed by atoms with Crippen LogP contribution in [0, 0.1) is 0 Å². The maximum atomic E-state index is 13.2. The molecular weight excluding hydrogens is 427 g/mol. The number of anilines is 2. The minimum absolute atomic E-state index is 0.0180. The van der Waals surface area contributed by atoms with Gasteiger partial charge < -0.3 is 15.8 Å². The molecule has 0 aliphatic carbocycles. The number of halogens is 3. The van der Waals surface area contributed by atoms with Crippen molar-refractivity contribution in [3.63, 3.8) is 0 Å². The van der Waals surface area contributed by atoms with E-state index in [2.05, 4.69) is 10.1 Å². The summed E-state index contributed by atoms with van der Waals surface area (Å²) in [5.41, 5.74) is 4.36. The average Bonchev–Trinajstić information content (AvgIpc) is 2.68. The molecule has 0 heterocycles. The maximum absolute atomic E-state index is 13.2. The fraction of sp³-hybridized carbons (Fsp3) is 0.222. The molecule has 0 radical (unpaired) electrons. The summed E-state index contributed by atoms with van der Waals surface area (Å²) in [6, 6.07) is 7.80. The maximum Gasteiger partial charge on any atom is 0.417 e. The first-order chi connectivity index (χ1) is 13.9. The highest BCUT2D eigenvalue weighted by Gasteiger charge is 2.38. The van der Waals surface area contributed by atoms with Crippen LogP contribution < -0.4 is 11.1 Å².